The normalized spacial score (nSPS) is 12.1. The van der Waals surface area contributed by atoms with Crippen molar-refractivity contribution >= 4 is 34.8 Å². The molecule has 2 aromatic rings. The Morgan fingerprint density at radius 1 is 1.26 bits per heavy atom. The highest BCUT2D eigenvalue weighted by Gasteiger charge is 2.22. The molecule has 0 radical (unpaired) electrons. The zero-order valence-electron chi connectivity index (χ0n) is 11.4. The number of aromatic nitrogens is 2. The van der Waals surface area contributed by atoms with Gasteiger partial charge in [0.05, 0.1) is 16.9 Å². The quantitative estimate of drug-likeness (QED) is 0.849. The molecule has 1 atom stereocenters. The van der Waals surface area contributed by atoms with Crippen LogP contribution in [0.5, 0.6) is 0 Å². The molecular weight excluding hydrogens is 358 g/mol. The minimum Gasteiger partial charge on any atom is -0.322 e. The third-order valence-electron chi connectivity index (χ3n) is 2.94. The van der Waals surface area contributed by atoms with Crippen LogP contribution in [-0.4, -0.2) is 15.7 Å². The molecule has 0 spiro atoms. The molecule has 0 aliphatic rings. The second-order valence-electron chi connectivity index (χ2n) is 4.44. The van der Waals surface area contributed by atoms with E-state index in [0.29, 0.717) is 6.07 Å². The number of amides is 1. The summed E-state index contributed by atoms with van der Waals surface area (Å²) in [6, 6.07) is 0.302. The first-order chi connectivity index (χ1) is 10.7. The predicted octanol–water partition coefficient (Wildman–Crippen LogP) is 3.17. The van der Waals surface area contributed by atoms with Crippen molar-refractivity contribution in [3.05, 3.63) is 56.2 Å². The molecule has 2 rings (SSSR count). The van der Waals surface area contributed by atoms with Gasteiger partial charge in [0.25, 0.3) is 5.56 Å². The van der Waals surface area contributed by atoms with E-state index >= 15 is 0 Å². The molecule has 1 N–H and O–H groups in total. The molecule has 1 heterocycles. The van der Waals surface area contributed by atoms with Gasteiger partial charge in [-0.25, -0.2) is 17.9 Å². The van der Waals surface area contributed by atoms with E-state index in [1.54, 1.807) is 0 Å². The summed E-state index contributed by atoms with van der Waals surface area (Å²) in [6.45, 7) is 1.28. The summed E-state index contributed by atoms with van der Waals surface area (Å²) >= 11 is 11.3. The van der Waals surface area contributed by atoms with Crippen LogP contribution in [0.2, 0.25) is 10.0 Å². The summed E-state index contributed by atoms with van der Waals surface area (Å²) in [6.07, 6.45) is 1.06. The average molecular weight is 366 g/mol. The first-order valence-electron chi connectivity index (χ1n) is 6.11. The second kappa shape index (κ2) is 6.59. The SMILES string of the molecule is C[C@@H](C(=O)Nc1ccc(F)c(F)c1F)n1ncc(Cl)c(Cl)c1=O. The van der Waals surface area contributed by atoms with E-state index in [2.05, 4.69) is 5.10 Å². The van der Waals surface area contributed by atoms with E-state index in [1.807, 2.05) is 5.32 Å². The third-order valence-corrected chi connectivity index (χ3v) is 3.69. The lowest BCUT2D eigenvalue weighted by Crippen LogP contribution is -2.33. The van der Waals surface area contributed by atoms with Gasteiger partial charge in [-0.05, 0) is 19.1 Å². The largest absolute Gasteiger partial charge is 0.322 e. The van der Waals surface area contributed by atoms with Gasteiger partial charge in [-0.1, -0.05) is 23.2 Å². The average Bonchev–Trinajstić information content (AvgIpc) is 2.52. The van der Waals surface area contributed by atoms with Crippen molar-refractivity contribution in [2.75, 3.05) is 5.32 Å². The van der Waals surface area contributed by atoms with Gasteiger partial charge < -0.3 is 5.32 Å². The van der Waals surface area contributed by atoms with E-state index in [4.69, 9.17) is 23.2 Å². The van der Waals surface area contributed by atoms with E-state index in [-0.39, 0.29) is 10.0 Å². The molecule has 0 aliphatic carbocycles. The summed E-state index contributed by atoms with van der Waals surface area (Å²) in [5.74, 6) is -5.56. The highest BCUT2D eigenvalue weighted by Crippen LogP contribution is 2.21. The molecule has 1 aromatic carbocycles. The van der Waals surface area contributed by atoms with E-state index < -0.39 is 40.6 Å². The zero-order valence-corrected chi connectivity index (χ0v) is 12.9. The lowest BCUT2D eigenvalue weighted by molar-refractivity contribution is -0.119. The Bertz CT molecular complexity index is 842. The van der Waals surface area contributed by atoms with Gasteiger partial charge in [0.2, 0.25) is 5.91 Å². The van der Waals surface area contributed by atoms with Gasteiger partial charge in [-0.15, -0.1) is 0 Å². The topological polar surface area (TPSA) is 64.0 Å². The second-order valence-corrected chi connectivity index (χ2v) is 5.23. The Balaban J connectivity index is 2.30. The van der Waals surface area contributed by atoms with Crippen LogP contribution in [-0.2, 0) is 4.79 Å². The molecule has 1 amide bonds. The van der Waals surface area contributed by atoms with Crippen LogP contribution in [0.4, 0.5) is 18.9 Å². The number of benzene rings is 1. The van der Waals surface area contributed by atoms with Gasteiger partial charge in [0, 0.05) is 0 Å². The first kappa shape index (κ1) is 17.3. The van der Waals surface area contributed by atoms with Gasteiger partial charge in [0.1, 0.15) is 11.1 Å². The van der Waals surface area contributed by atoms with Crippen LogP contribution in [0.25, 0.3) is 0 Å². The smallest absolute Gasteiger partial charge is 0.287 e. The fourth-order valence-electron chi connectivity index (χ4n) is 1.67. The van der Waals surface area contributed by atoms with Crippen LogP contribution in [0.15, 0.2) is 23.1 Å². The Labute approximate surface area is 137 Å². The van der Waals surface area contributed by atoms with Crippen LogP contribution in [0.1, 0.15) is 13.0 Å². The molecule has 0 saturated heterocycles. The monoisotopic (exact) mass is 365 g/mol. The highest BCUT2D eigenvalue weighted by atomic mass is 35.5. The number of hydrogen-bond donors (Lipinski definition) is 1. The van der Waals surface area contributed by atoms with Crippen molar-refractivity contribution in [2.45, 2.75) is 13.0 Å². The number of halogens is 5. The van der Waals surface area contributed by atoms with E-state index in [9.17, 15) is 22.8 Å². The van der Waals surface area contributed by atoms with Crippen molar-refractivity contribution in [3.8, 4) is 0 Å². The number of rotatable bonds is 3. The molecule has 1 aromatic heterocycles. The fraction of sp³-hybridized carbons (Fsp3) is 0.154. The van der Waals surface area contributed by atoms with Gasteiger partial charge in [-0.2, -0.15) is 5.10 Å². The Morgan fingerprint density at radius 3 is 2.57 bits per heavy atom. The van der Waals surface area contributed by atoms with Crippen molar-refractivity contribution in [1.29, 1.82) is 0 Å². The standard InChI is InChI=1S/C13H8Cl2F3N3O2/c1-5(21-13(23)9(15)6(14)4-19-21)12(22)20-8-3-2-7(16)10(17)11(8)18/h2-5H,1H3,(H,20,22)/t5-/m0/s1. The van der Waals surface area contributed by atoms with Crippen LogP contribution in [0.3, 0.4) is 0 Å². The van der Waals surface area contributed by atoms with Gasteiger partial charge in [-0.3, -0.25) is 9.59 Å². The van der Waals surface area contributed by atoms with Gasteiger partial charge >= 0.3 is 0 Å². The maximum absolute atomic E-state index is 13.5. The molecule has 10 heteroatoms. The van der Waals surface area contributed by atoms with Gasteiger partial charge in [0.15, 0.2) is 17.5 Å². The first-order valence-corrected chi connectivity index (χ1v) is 6.86. The highest BCUT2D eigenvalue weighted by molar-refractivity contribution is 6.41. The Kier molecular flexibility index (Phi) is 4.96. The van der Waals surface area contributed by atoms with E-state index in [1.165, 1.54) is 6.92 Å². The number of carbonyl (C=O) groups is 1. The minimum absolute atomic E-state index is 0.0906. The number of nitrogens with zero attached hydrogens (tertiary/aromatic N) is 2. The maximum Gasteiger partial charge on any atom is 0.287 e. The summed E-state index contributed by atoms with van der Waals surface area (Å²) in [7, 11) is 0. The minimum atomic E-state index is -1.72. The van der Waals surface area contributed by atoms with Crippen LogP contribution in [0, 0.1) is 17.5 Å². The Morgan fingerprint density at radius 2 is 1.91 bits per heavy atom. The lowest BCUT2D eigenvalue weighted by atomic mass is 10.2. The molecule has 5 nitrogen and oxygen atoms in total. The summed E-state index contributed by atoms with van der Waals surface area (Å²) < 4.78 is 40.2. The van der Waals surface area contributed by atoms with Crippen LogP contribution >= 0.6 is 23.2 Å². The number of nitrogens with one attached hydrogen (secondary N) is 1. The molecule has 0 saturated carbocycles. The van der Waals surface area contributed by atoms with Crippen molar-refractivity contribution in [3.63, 3.8) is 0 Å². The third kappa shape index (κ3) is 3.32. The summed E-state index contributed by atoms with van der Waals surface area (Å²) in [5, 5.41) is 5.27. The number of hydrogen-bond acceptors (Lipinski definition) is 3. The summed E-state index contributed by atoms with van der Waals surface area (Å²) in [5.41, 5.74) is -1.40. The zero-order chi connectivity index (χ0) is 17.3. The van der Waals surface area contributed by atoms with Crippen LogP contribution < -0.4 is 10.9 Å². The lowest BCUT2D eigenvalue weighted by Gasteiger charge is -2.15. The Hall–Kier alpha value is -2.06. The fourth-order valence-corrected chi connectivity index (χ4v) is 1.93. The predicted molar refractivity (Wildman–Crippen MR) is 78.2 cm³/mol. The molecule has 0 bridgehead atoms. The van der Waals surface area contributed by atoms with E-state index in [0.717, 1.165) is 16.9 Å². The van der Waals surface area contributed by atoms with Crippen molar-refractivity contribution < 1.29 is 18.0 Å². The molecule has 0 unspecified atom stereocenters. The molecule has 0 aliphatic heterocycles. The van der Waals surface area contributed by atoms with Crippen molar-refractivity contribution in [2.24, 2.45) is 0 Å². The van der Waals surface area contributed by atoms with Crippen molar-refractivity contribution in [1.82, 2.24) is 9.78 Å². The maximum atomic E-state index is 13.5. The number of anilines is 1. The molecular formula is C13H8Cl2F3N3O2. The number of carbonyl (C=O) groups excluding carboxylic acids is 1. The molecule has 122 valence electrons. The summed E-state index contributed by atoms with van der Waals surface area (Å²) in [4.78, 5) is 23.9. The molecule has 23 heavy (non-hydrogen) atoms. The molecule has 0 fully saturated rings.